The summed E-state index contributed by atoms with van der Waals surface area (Å²) in [6.07, 6.45) is 1.65. The highest BCUT2D eigenvalue weighted by atomic mass is 79.9. The monoisotopic (exact) mass is 387 g/mol. The number of benzene rings is 1. The molecule has 0 unspecified atom stereocenters. The molecule has 1 aromatic heterocycles. The number of amides is 1. The van der Waals surface area contributed by atoms with E-state index in [2.05, 4.69) is 26.2 Å². The molecule has 24 heavy (non-hydrogen) atoms. The Kier molecular flexibility index (Phi) is 4.24. The van der Waals surface area contributed by atoms with Gasteiger partial charge in [0.15, 0.2) is 0 Å². The lowest BCUT2D eigenvalue weighted by atomic mass is 10.0. The number of aromatic nitrogens is 1. The molecule has 5 nitrogen and oxygen atoms in total. The molecular formula is C18H18BrN3O2. The lowest BCUT2D eigenvalue weighted by Gasteiger charge is -2.19. The Morgan fingerprint density at radius 1 is 1.17 bits per heavy atom. The number of carbonyl (C=O) groups excluding carboxylic acids is 1. The van der Waals surface area contributed by atoms with Crippen molar-refractivity contribution in [1.82, 2.24) is 15.2 Å². The van der Waals surface area contributed by atoms with Crippen LogP contribution in [0.5, 0.6) is 11.6 Å². The van der Waals surface area contributed by atoms with Crippen molar-refractivity contribution < 1.29 is 9.53 Å². The standard InChI is InChI=1S/C18H18BrN3O2/c19-14-3-5-15(6-4-14)24-17-16(2-1-7-21-17)18(23)22-10-12-8-20-9-13(12)11-22/h1-7,12-13,20H,8-11H2/t12-,13+. The second-order valence-corrected chi connectivity index (χ2v) is 7.22. The van der Waals surface area contributed by atoms with Gasteiger partial charge in [0.1, 0.15) is 11.3 Å². The Hall–Kier alpha value is -1.92. The fourth-order valence-corrected chi connectivity index (χ4v) is 3.71. The Bertz CT molecular complexity index is 738. The average Bonchev–Trinajstić information content (AvgIpc) is 3.19. The van der Waals surface area contributed by atoms with E-state index in [9.17, 15) is 4.79 Å². The molecule has 1 N–H and O–H groups in total. The summed E-state index contributed by atoms with van der Waals surface area (Å²) in [5, 5.41) is 3.39. The van der Waals surface area contributed by atoms with Gasteiger partial charge in [-0.15, -0.1) is 0 Å². The summed E-state index contributed by atoms with van der Waals surface area (Å²) < 4.78 is 6.82. The molecule has 1 amide bonds. The third-order valence-corrected chi connectivity index (χ3v) is 5.24. The van der Waals surface area contributed by atoms with Gasteiger partial charge in [0.2, 0.25) is 5.88 Å². The maximum atomic E-state index is 12.9. The van der Waals surface area contributed by atoms with Gasteiger partial charge < -0.3 is 15.0 Å². The first-order chi connectivity index (χ1) is 11.7. The first kappa shape index (κ1) is 15.6. The van der Waals surface area contributed by atoms with Gasteiger partial charge in [-0.3, -0.25) is 4.79 Å². The molecule has 0 aliphatic carbocycles. The highest BCUT2D eigenvalue weighted by Crippen LogP contribution is 2.30. The normalized spacial score (nSPS) is 22.5. The Balaban J connectivity index is 1.55. The lowest BCUT2D eigenvalue weighted by molar-refractivity contribution is 0.0778. The predicted octanol–water partition coefficient (Wildman–Crippen LogP) is 2.93. The number of likely N-dealkylation sites (tertiary alicyclic amines) is 1. The van der Waals surface area contributed by atoms with E-state index in [0.29, 0.717) is 29.0 Å². The molecule has 2 aliphatic heterocycles. The molecule has 6 heteroatoms. The molecule has 0 bridgehead atoms. The molecule has 2 saturated heterocycles. The number of halogens is 1. The van der Waals surface area contributed by atoms with Crippen LogP contribution < -0.4 is 10.1 Å². The number of nitrogens with one attached hydrogen (secondary N) is 1. The zero-order valence-corrected chi connectivity index (χ0v) is 14.7. The minimum atomic E-state index is 0.00427. The molecule has 1 aromatic carbocycles. The van der Waals surface area contributed by atoms with Gasteiger partial charge >= 0.3 is 0 Å². The largest absolute Gasteiger partial charge is 0.438 e. The maximum absolute atomic E-state index is 12.9. The zero-order chi connectivity index (χ0) is 16.5. The van der Waals surface area contributed by atoms with Crippen molar-refractivity contribution in [3.8, 4) is 11.6 Å². The number of carbonyl (C=O) groups is 1. The molecule has 2 atom stereocenters. The van der Waals surface area contributed by atoms with Crippen molar-refractivity contribution in [3.63, 3.8) is 0 Å². The average molecular weight is 388 g/mol. The van der Waals surface area contributed by atoms with Crippen LogP contribution in [0.4, 0.5) is 0 Å². The Labute approximate surface area is 149 Å². The first-order valence-electron chi connectivity index (χ1n) is 8.09. The van der Waals surface area contributed by atoms with Crippen LogP contribution in [0, 0.1) is 11.8 Å². The van der Waals surface area contributed by atoms with Crippen molar-refractivity contribution >= 4 is 21.8 Å². The lowest BCUT2D eigenvalue weighted by Crippen LogP contribution is -2.32. The summed E-state index contributed by atoms with van der Waals surface area (Å²) in [6, 6.07) is 11.1. The van der Waals surface area contributed by atoms with Crippen LogP contribution in [0.1, 0.15) is 10.4 Å². The number of ether oxygens (including phenoxy) is 1. The zero-order valence-electron chi connectivity index (χ0n) is 13.1. The minimum Gasteiger partial charge on any atom is -0.438 e. The van der Waals surface area contributed by atoms with Crippen LogP contribution in [0.15, 0.2) is 47.1 Å². The van der Waals surface area contributed by atoms with E-state index in [1.165, 1.54) is 0 Å². The van der Waals surface area contributed by atoms with E-state index in [1.807, 2.05) is 29.2 Å². The quantitative estimate of drug-likeness (QED) is 0.879. The van der Waals surface area contributed by atoms with E-state index in [1.54, 1.807) is 18.3 Å². The fourth-order valence-electron chi connectivity index (χ4n) is 3.44. The van der Waals surface area contributed by atoms with Gasteiger partial charge in [0, 0.05) is 36.8 Å². The van der Waals surface area contributed by atoms with E-state index >= 15 is 0 Å². The number of pyridine rings is 1. The van der Waals surface area contributed by atoms with Gasteiger partial charge in [0.25, 0.3) is 5.91 Å². The number of hydrogen-bond acceptors (Lipinski definition) is 4. The van der Waals surface area contributed by atoms with Crippen LogP contribution in [0.25, 0.3) is 0 Å². The SMILES string of the molecule is O=C(c1cccnc1Oc1ccc(Br)cc1)N1C[C@H]2CNC[C@H]2C1. The smallest absolute Gasteiger partial charge is 0.259 e. The van der Waals surface area contributed by atoms with Crippen molar-refractivity contribution in [2.45, 2.75) is 0 Å². The first-order valence-corrected chi connectivity index (χ1v) is 8.88. The molecular weight excluding hydrogens is 370 g/mol. The second-order valence-electron chi connectivity index (χ2n) is 6.30. The van der Waals surface area contributed by atoms with Crippen molar-refractivity contribution in [2.75, 3.05) is 26.2 Å². The van der Waals surface area contributed by atoms with Crippen LogP contribution in [0.2, 0.25) is 0 Å². The van der Waals surface area contributed by atoms with Gasteiger partial charge in [-0.1, -0.05) is 15.9 Å². The highest BCUT2D eigenvalue weighted by Gasteiger charge is 2.38. The summed E-state index contributed by atoms with van der Waals surface area (Å²) >= 11 is 3.40. The molecule has 0 saturated carbocycles. The molecule has 124 valence electrons. The minimum absolute atomic E-state index is 0.00427. The van der Waals surface area contributed by atoms with E-state index in [0.717, 1.165) is 30.7 Å². The molecule has 0 radical (unpaired) electrons. The van der Waals surface area contributed by atoms with Gasteiger partial charge in [0.05, 0.1) is 0 Å². The van der Waals surface area contributed by atoms with Crippen LogP contribution in [0.3, 0.4) is 0 Å². The molecule has 2 fully saturated rings. The molecule has 2 aliphatic rings. The molecule has 4 rings (SSSR count). The van der Waals surface area contributed by atoms with Crippen LogP contribution >= 0.6 is 15.9 Å². The van der Waals surface area contributed by atoms with E-state index in [-0.39, 0.29) is 5.91 Å². The predicted molar refractivity (Wildman–Crippen MR) is 94.2 cm³/mol. The van der Waals surface area contributed by atoms with Crippen LogP contribution in [-0.2, 0) is 0 Å². The van der Waals surface area contributed by atoms with Crippen molar-refractivity contribution in [3.05, 3.63) is 52.6 Å². The van der Waals surface area contributed by atoms with Gasteiger partial charge in [-0.25, -0.2) is 4.98 Å². The van der Waals surface area contributed by atoms with Gasteiger partial charge in [-0.2, -0.15) is 0 Å². The third kappa shape index (κ3) is 3.03. The Morgan fingerprint density at radius 3 is 2.58 bits per heavy atom. The maximum Gasteiger partial charge on any atom is 0.259 e. The summed E-state index contributed by atoms with van der Waals surface area (Å²) in [5.41, 5.74) is 0.522. The number of fused-ring (bicyclic) bond motifs is 1. The topological polar surface area (TPSA) is 54.5 Å². The Morgan fingerprint density at radius 2 is 1.88 bits per heavy atom. The highest BCUT2D eigenvalue weighted by molar-refractivity contribution is 9.10. The number of nitrogens with zero attached hydrogens (tertiary/aromatic N) is 2. The van der Waals surface area contributed by atoms with Crippen LogP contribution in [-0.4, -0.2) is 42.0 Å². The number of hydrogen-bond donors (Lipinski definition) is 1. The van der Waals surface area contributed by atoms with E-state index in [4.69, 9.17) is 4.74 Å². The summed E-state index contributed by atoms with van der Waals surface area (Å²) in [7, 11) is 0. The molecule has 3 heterocycles. The van der Waals surface area contributed by atoms with Crippen molar-refractivity contribution in [2.24, 2.45) is 11.8 Å². The summed E-state index contributed by atoms with van der Waals surface area (Å²) in [5.74, 6) is 2.17. The molecule has 2 aromatic rings. The summed E-state index contributed by atoms with van der Waals surface area (Å²) in [6.45, 7) is 3.62. The van der Waals surface area contributed by atoms with E-state index < -0.39 is 0 Å². The molecule has 0 spiro atoms. The van der Waals surface area contributed by atoms with Crippen molar-refractivity contribution in [1.29, 1.82) is 0 Å². The van der Waals surface area contributed by atoms with Gasteiger partial charge in [-0.05, 0) is 48.2 Å². The number of rotatable bonds is 3. The summed E-state index contributed by atoms with van der Waals surface area (Å²) in [4.78, 5) is 19.1. The third-order valence-electron chi connectivity index (χ3n) is 4.71. The fraction of sp³-hybridized carbons (Fsp3) is 0.333. The second kappa shape index (κ2) is 6.53.